The van der Waals surface area contributed by atoms with Crippen LogP contribution < -0.4 is 10.6 Å². The summed E-state index contributed by atoms with van der Waals surface area (Å²) in [6.45, 7) is -0.210. The molecule has 2 N–H and O–H groups in total. The molecule has 28 heavy (non-hydrogen) atoms. The van der Waals surface area contributed by atoms with Gasteiger partial charge in [-0.2, -0.15) is 14.9 Å². The fourth-order valence-corrected chi connectivity index (χ4v) is 1.84. The van der Waals surface area contributed by atoms with Crippen LogP contribution in [0.25, 0.3) is 0 Å². The maximum Gasteiger partial charge on any atom is 0.409 e. The van der Waals surface area contributed by atoms with Crippen molar-refractivity contribution in [3.05, 3.63) is 54.6 Å². The molecule has 0 heterocycles. The van der Waals surface area contributed by atoms with Crippen LogP contribution in [0.5, 0.6) is 0 Å². The van der Waals surface area contributed by atoms with Crippen molar-refractivity contribution in [2.45, 2.75) is 0 Å². The second kappa shape index (κ2) is 15.1. The maximum absolute atomic E-state index is 10.7. The number of aliphatic imine (C=N–C) groups is 2. The Kier molecular flexibility index (Phi) is 12.5. The molecule has 0 saturated carbocycles. The summed E-state index contributed by atoms with van der Waals surface area (Å²) < 4.78 is 4.53. The molecule has 8 nitrogen and oxygen atoms in total. The minimum atomic E-state index is -0.595. The van der Waals surface area contributed by atoms with Crippen molar-refractivity contribution in [3.63, 3.8) is 0 Å². The van der Waals surface area contributed by atoms with Gasteiger partial charge in [0.15, 0.2) is 6.73 Å². The molecule has 2 aromatic carbocycles. The van der Waals surface area contributed by atoms with Crippen molar-refractivity contribution in [1.82, 2.24) is 5.32 Å². The SMILES string of the molecule is CNC(=O)OCOOCNc1cccc(N=C=S)c1.S=C=Nc1ccccc1. The summed E-state index contributed by atoms with van der Waals surface area (Å²) in [5.74, 6) is 0. The lowest BCUT2D eigenvalue weighted by Crippen LogP contribution is -2.21. The molecule has 0 aliphatic carbocycles. The highest BCUT2D eigenvalue weighted by Crippen LogP contribution is 2.17. The summed E-state index contributed by atoms with van der Waals surface area (Å²) in [4.78, 5) is 27.6. The van der Waals surface area contributed by atoms with Crippen LogP contribution in [0.1, 0.15) is 0 Å². The molecular formula is C18H18N4O4S2. The lowest BCUT2D eigenvalue weighted by Gasteiger charge is -2.07. The molecule has 0 spiro atoms. The first kappa shape index (κ1) is 23.1. The number of hydrogen-bond acceptors (Lipinski definition) is 9. The number of carbonyl (C=O) groups excluding carboxylic acids is 1. The van der Waals surface area contributed by atoms with Crippen LogP contribution in [0, 0.1) is 0 Å². The van der Waals surface area contributed by atoms with Gasteiger partial charge in [0.1, 0.15) is 0 Å². The topological polar surface area (TPSA) is 93.5 Å². The quantitative estimate of drug-likeness (QED) is 0.163. The molecule has 10 heteroatoms. The third-order valence-corrected chi connectivity index (χ3v) is 3.00. The third-order valence-electron chi connectivity index (χ3n) is 2.81. The lowest BCUT2D eigenvalue weighted by atomic mass is 10.3. The number of nitrogens with one attached hydrogen (secondary N) is 2. The average molecular weight is 419 g/mol. The Labute approximate surface area is 173 Å². The van der Waals surface area contributed by atoms with Gasteiger partial charge in [-0.1, -0.05) is 24.3 Å². The highest BCUT2D eigenvalue weighted by molar-refractivity contribution is 7.78. The van der Waals surface area contributed by atoms with Crippen molar-refractivity contribution < 1.29 is 19.3 Å². The summed E-state index contributed by atoms with van der Waals surface area (Å²) in [7, 11) is 1.44. The molecule has 0 radical (unpaired) electrons. The van der Waals surface area contributed by atoms with E-state index < -0.39 is 6.09 Å². The van der Waals surface area contributed by atoms with Crippen LogP contribution in [0.3, 0.4) is 0 Å². The van der Waals surface area contributed by atoms with Crippen molar-refractivity contribution in [1.29, 1.82) is 0 Å². The summed E-state index contributed by atoms with van der Waals surface area (Å²) in [6, 6.07) is 16.7. The van der Waals surface area contributed by atoms with Crippen LogP contribution in [-0.2, 0) is 14.5 Å². The van der Waals surface area contributed by atoms with Crippen molar-refractivity contribution in [2.75, 3.05) is 25.9 Å². The zero-order valence-corrected chi connectivity index (χ0v) is 16.6. The van der Waals surface area contributed by atoms with E-state index in [0.717, 1.165) is 11.4 Å². The van der Waals surface area contributed by atoms with Gasteiger partial charge in [-0.25, -0.2) is 9.68 Å². The first-order valence-corrected chi connectivity index (χ1v) is 8.65. The van der Waals surface area contributed by atoms with Crippen molar-refractivity contribution in [2.24, 2.45) is 9.98 Å². The molecule has 146 valence electrons. The van der Waals surface area contributed by atoms with E-state index in [1.165, 1.54) is 7.05 Å². The fourth-order valence-electron chi connectivity index (χ4n) is 1.63. The van der Waals surface area contributed by atoms with Crippen LogP contribution in [0.15, 0.2) is 64.6 Å². The van der Waals surface area contributed by atoms with Crippen LogP contribution in [-0.4, -0.2) is 37.0 Å². The number of isothiocyanates is 2. The number of anilines is 1. The summed E-state index contributed by atoms with van der Waals surface area (Å²) >= 11 is 8.93. The standard InChI is InChI=1S/C11H13N3O4S.C7H5NS/c1-12-11(15)16-8-18-17-6-13-9-3-2-4-10(5-9)14-7-19;9-6-8-7-4-2-1-3-5-7/h2-5,13H,6,8H2,1H3,(H,12,15);1-5H. The van der Waals surface area contributed by atoms with E-state index in [1.54, 1.807) is 12.1 Å². The number of rotatable bonds is 8. The van der Waals surface area contributed by atoms with Gasteiger partial charge in [0.05, 0.1) is 21.7 Å². The second-order valence-electron chi connectivity index (χ2n) is 4.65. The normalized spacial score (nSPS) is 8.89. The summed E-state index contributed by atoms with van der Waals surface area (Å²) in [5.41, 5.74) is 2.32. The average Bonchev–Trinajstić information content (AvgIpc) is 2.72. The Morgan fingerprint density at radius 3 is 2.36 bits per heavy atom. The number of para-hydroxylation sites is 1. The van der Waals surface area contributed by atoms with Gasteiger partial charge in [0.2, 0.25) is 6.79 Å². The van der Waals surface area contributed by atoms with Crippen LogP contribution >= 0.6 is 24.4 Å². The Bertz CT molecular complexity index is 823. The minimum absolute atomic E-state index is 0.0852. The van der Waals surface area contributed by atoms with E-state index >= 15 is 0 Å². The predicted octanol–water partition coefficient (Wildman–Crippen LogP) is 4.47. The van der Waals surface area contributed by atoms with Gasteiger partial charge in [0, 0.05) is 12.7 Å². The monoisotopic (exact) mass is 418 g/mol. The Morgan fingerprint density at radius 2 is 1.68 bits per heavy atom. The molecule has 0 saturated heterocycles. The van der Waals surface area contributed by atoms with Gasteiger partial charge >= 0.3 is 6.09 Å². The Morgan fingerprint density at radius 1 is 1.00 bits per heavy atom. The maximum atomic E-state index is 10.7. The summed E-state index contributed by atoms with van der Waals surface area (Å²) in [5, 5.41) is 9.76. The Hall–Kier alpha value is -2.97. The molecule has 0 unspecified atom stereocenters. The van der Waals surface area contributed by atoms with Crippen molar-refractivity contribution in [3.8, 4) is 0 Å². The molecular weight excluding hydrogens is 400 g/mol. The first-order chi connectivity index (χ1) is 13.7. The highest BCUT2D eigenvalue weighted by atomic mass is 32.1. The first-order valence-electron chi connectivity index (χ1n) is 7.83. The molecule has 0 aliphatic heterocycles. The van der Waals surface area contributed by atoms with E-state index in [9.17, 15) is 4.79 Å². The van der Waals surface area contributed by atoms with Gasteiger partial charge < -0.3 is 15.4 Å². The minimum Gasteiger partial charge on any atom is -0.419 e. The number of ether oxygens (including phenoxy) is 1. The van der Waals surface area contributed by atoms with Gasteiger partial charge in [0.25, 0.3) is 0 Å². The number of benzene rings is 2. The third kappa shape index (κ3) is 10.9. The van der Waals surface area contributed by atoms with Gasteiger partial charge in [-0.15, -0.1) is 0 Å². The number of nitrogens with zero attached hydrogens (tertiary/aromatic N) is 2. The number of thiocarbonyl (C=S) groups is 2. The van der Waals surface area contributed by atoms with Crippen molar-refractivity contribution >= 4 is 57.9 Å². The molecule has 0 atom stereocenters. The second-order valence-corrected chi connectivity index (χ2v) is 5.01. The molecule has 0 aliphatic rings. The van der Waals surface area contributed by atoms with Crippen LogP contribution in [0.4, 0.5) is 21.9 Å². The molecule has 2 aromatic rings. The number of hydrogen-bond donors (Lipinski definition) is 2. The predicted molar refractivity (Wildman–Crippen MR) is 113 cm³/mol. The summed E-state index contributed by atoms with van der Waals surface area (Å²) in [6.07, 6.45) is -0.595. The lowest BCUT2D eigenvalue weighted by molar-refractivity contribution is -0.322. The van der Waals surface area contributed by atoms with E-state index in [2.05, 4.69) is 65.0 Å². The highest BCUT2D eigenvalue weighted by Gasteiger charge is 1.97. The fraction of sp³-hybridized carbons (Fsp3) is 0.167. The largest absolute Gasteiger partial charge is 0.419 e. The molecule has 1 amide bonds. The molecule has 0 fully saturated rings. The van der Waals surface area contributed by atoms with E-state index in [1.807, 2.05) is 42.5 Å². The van der Waals surface area contributed by atoms with E-state index in [-0.39, 0.29) is 13.5 Å². The zero-order chi connectivity index (χ0) is 20.5. The number of amides is 1. The molecule has 0 aromatic heterocycles. The van der Waals surface area contributed by atoms with E-state index in [4.69, 9.17) is 4.89 Å². The number of alkyl carbamates (subject to hydrolysis) is 1. The van der Waals surface area contributed by atoms with Gasteiger partial charge in [-0.05, 0) is 54.8 Å². The zero-order valence-electron chi connectivity index (χ0n) is 15.0. The number of carbonyl (C=O) groups is 1. The smallest absolute Gasteiger partial charge is 0.409 e. The van der Waals surface area contributed by atoms with Crippen LogP contribution in [0.2, 0.25) is 0 Å². The molecule has 2 rings (SSSR count). The van der Waals surface area contributed by atoms with Gasteiger partial charge in [-0.3, -0.25) is 0 Å². The Balaban J connectivity index is 0.000000362. The van der Waals surface area contributed by atoms with E-state index in [0.29, 0.717) is 5.69 Å². The molecule has 0 bridgehead atoms.